The Morgan fingerprint density at radius 2 is 2.26 bits per heavy atom. The van der Waals surface area contributed by atoms with Crippen molar-refractivity contribution in [2.75, 3.05) is 11.9 Å². The molecule has 104 valence electrons. The summed E-state index contributed by atoms with van der Waals surface area (Å²) in [6, 6.07) is 3.93. The van der Waals surface area contributed by atoms with Crippen LogP contribution in [0.4, 0.5) is 11.4 Å². The number of nitrogens with one attached hydrogen (secondary N) is 1. The van der Waals surface area contributed by atoms with Crippen molar-refractivity contribution in [1.82, 2.24) is 0 Å². The van der Waals surface area contributed by atoms with Crippen LogP contribution in [0, 0.1) is 16.0 Å². The first-order chi connectivity index (χ1) is 8.95. The van der Waals surface area contributed by atoms with Gasteiger partial charge in [-0.1, -0.05) is 18.5 Å². The van der Waals surface area contributed by atoms with E-state index in [1.807, 2.05) is 0 Å². The second kappa shape index (κ2) is 7.06. The number of anilines is 1. The van der Waals surface area contributed by atoms with E-state index in [9.17, 15) is 14.9 Å². The highest BCUT2D eigenvalue weighted by molar-refractivity contribution is 6.34. The van der Waals surface area contributed by atoms with E-state index < -0.39 is 4.92 Å². The summed E-state index contributed by atoms with van der Waals surface area (Å²) < 4.78 is 0. The van der Waals surface area contributed by atoms with E-state index >= 15 is 0 Å². The van der Waals surface area contributed by atoms with Crippen molar-refractivity contribution in [2.24, 2.45) is 11.7 Å². The van der Waals surface area contributed by atoms with E-state index in [4.69, 9.17) is 17.3 Å². The van der Waals surface area contributed by atoms with E-state index in [1.54, 1.807) is 6.92 Å². The minimum Gasteiger partial charge on any atom is -0.330 e. The third-order valence-electron chi connectivity index (χ3n) is 2.71. The van der Waals surface area contributed by atoms with Gasteiger partial charge in [-0.15, -0.1) is 0 Å². The Morgan fingerprint density at radius 3 is 2.79 bits per heavy atom. The molecule has 0 aliphatic heterocycles. The van der Waals surface area contributed by atoms with Crippen LogP contribution in [0.3, 0.4) is 0 Å². The summed E-state index contributed by atoms with van der Waals surface area (Å²) in [6.07, 6.45) is 1.45. The summed E-state index contributed by atoms with van der Waals surface area (Å²) in [5, 5.41) is 13.4. The lowest BCUT2D eigenvalue weighted by Gasteiger charge is -2.12. The molecule has 0 bridgehead atoms. The number of amides is 1. The molecule has 1 aromatic rings. The maximum Gasteiger partial charge on any atom is 0.271 e. The van der Waals surface area contributed by atoms with Crippen LogP contribution < -0.4 is 11.1 Å². The number of carbonyl (C=O) groups is 1. The van der Waals surface area contributed by atoms with Gasteiger partial charge in [0.15, 0.2) is 0 Å². The van der Waals surface area contributed by atoms with Gasteiger partial charge in [0.1, 0.15) is 0 Å². The third kappa shape index (κ3) is 4.50. The maximum absolute atomic E-state index is 11.8. The molecule has 0 spiro atoms. The topological polar surface area (TPSA) is 98.3 Å². The van der Waals surface area contributed by atoms with Gasteiger partial charge in [0, 0.05) is 18.1 Å². The van der Waals surface area contributed by atoms with Crippen LogP contribution >= 0.6 is 11.6 Å². The first kappa shape index (κ1) is 15.4. The van der Waals surface area contributed by atoms with Crippen LogP contribution in [0.2, 0.25) is 5.02 Å². The van der Waals surface area contributed by atoms with Crippen molar-refractivity contribution in [3.8, 4) is 0 Å². The molecule has 0 aromatic heterocycles. The zero-order valence-electron chi connectivity index (χ0n) is 10.6. The predicted molar refractivity (Wildman–Crippen MR) is 74.2 cm³/mol. The number of rotatable bonds is 6. The lowest BCUT2D eigenvalue weighted by Crippen LogP contribution is -2.21. The molecule has 0 aliphatic carbocycles. The van der Waals surface area contributed by atoms with Gasteiger partial charge in [0.05, 0.1) is 15.6 Å². The quantitative estimate of drug-likeness (QED) is 0.620. The molecule has 1 atom stereocenters. The van der Waals surface area contributed by atoms with Gasteiger partial charge in [-0.05, 0) is 25.5 Å². The second-order valence-electron chi connectivity index (χ2n) is 4.24. The van der Waals surface area contributed by atoms with E-state index in [-0.39, 0.29) is 22.5 Å². The predicted octanol–water partition coefficient (Wildman–Crippen LogP) is 2.56. The molecule has 0 saturated carbocycles. The van der Waals surface area contributed by atoms with Crippen LogP contribution in [0.25, 0.3) is 0 Å². The van der Waals surface area contributed by atoms with Crippen LogP contribution in [0.15, 0.2) is 18.2 Å². The second-order valence-corrected chi connectivity index (χ2v) is 4.65. The minimum absolute atomic E-state index is 0.112. The number of carbonyl (C=O) groups excluding carboxylic acids is 1. The zero-order valence-corrected chi connectivity index (χ0v) is 11.3. The van der Waals surface area contributed by atoms with Gasteiger partial charge in [-0.2, -0.15) is 0 Å². The Kier molecular flexibility index (Phi) is 5.72. The molecule has 0 fully saturated rings. The molecule has 0 saturated heterocycles. The minimum atomic E-state index is -0.540. The summed E-state index contributed by atoms with van der Waals surface area (Å²) >= 11 is 5.89. The molecule has 3 N–H and O–H groups in total. The molecule has 1 unspecified atom stereocenters. The number of benzene rings is 1. The Hall–Kier alpha value is -1.66. The SMILES string of the molecule is CC(CCCN)C(=O)Nc1ccc([N+](=O)[O-])cc1Cl. The molecular weight excluding hydrogens is 270 g/mol. The number of non-ortho nitro benzene ring substituents is 1. The average molecular weight is 286 g/mol. The van der Waals surface area contributed by atoms with Crippen molar-refractivity contribution in [3.05, 3.63) is 33.3 Å². The lowest BCUT2D eigenvalue weighted by atomic mass is 10.0. The number of nitro groups is 1. The van der Waals surface area contributed by atoms with Crippen LogP contribution in [0.5, 0.6) is 0 Å². The number of hydrogen-bond donors (Lipinski definition) is 2. The summed E-state index contributed by atoms with van der Waals surface area (Å²) in [4.78, 5) is 21.9. The summed E-state index contributed by atoms with van der Waals surface area (Å²) in [6.45, 7) is 2.33. The standard InChI is InChI=1S/C12H16ClN3O3/c1-8(3-2-6-14)12(17)15-11-5-4-9(16(18)19)7-10(11)13/h4-5,7-8H,2-3,6,14H2,1H3,(H,15,17). The third-order valence-corrected chi connectivity index (χ3v) is 3.02. The summed E-state index contributed by atoms with van der Waals surface area (Å²) in [7, 11) is 0. The fourth-order valence-electron chi connectivity index (χ4n) is 1.53. The summed E-state index contributed by atoms with van der Waals surface area (Å²) in [5.41, 5.74) is 5.64. The molecule has 1 amide bonds. The molecule has 7 heteroatoms. The Morgan fingerprint density at radius 1 is 1.58 bits per heavy atom. The monoisotopic (exact) mass is 285 g/mol. The normalized spacial score (nSPS) is 11.9. The van der Waals surface area contributed by atoms with Crippen LogP contribution in [0.1, 0.15) is 19.8 Å². The first-order valence-corrected chi connectivity index (χ1v) is 6.28. The Bertz CT molecular complexity index is 479. The fraction of sp³-hybridized carbons (Fsp3) is 0.417. The van der Waals surface area contributed by atoms with Crippen LogP contribution in [-0.2, 0) is 4.79 Å². The van der Waals surface area contributed by atoms with E-state index in [0.29, 0.717) is 18.7 Å². The first-order valence-electron chi connectivity index (χ1n) is 5.90. The molecule has 19 heavy (non-hydrogen) atoms. The number of hydrogen-bond acceptors (Lipinski definition) is 4. The number of nitrogens with two attached hydrogens (primary N) is 1. The van der Waals surface area contributed by atoms with E-state index in [1.165, 1.54) is 18.2 Å². The van der Waals surface area contributed by atoms with Crippen molar-refractivity contribution >= 4 is 28.9 Å². The van der Waals surface area contributed by atoms with E-state index in [2.05, 4.69) is 5.32 Å². The largest absolute Gasteiger partial charge is 0.330 e. The molecule has 1 aromatic carbocycles. The average Bonchev–Trinajstić information content (AvgIpc) is 2.37. The number of nitro benzene ring substituents is 1. The lowest BCUT2D eigenvalue weighted by molar-refractivity contribution is -0.384. The van der Waals surface area contributed by atoms with Gasteiger partial charge in [-0.3, -0.25) is 14.9 Å². The Labute approximate surface area is 116 Å². The van der Waals surface area contributed by atoms with Gasteiger partial charge < -0.3 is 11.1 Å². The number of nitrogens with zero attached hydrogens (tertiary/aromatic N) is 1. The Balaban J connectivity index is 2.72. The highest BCUT2D eigenvalue weighted by atomic mass is 35.5. The highest BCUT2D eigenvalue weighted by Crippen LogP contribution is 2.27. The fourth-order valence-corrected chi connectivity index (χ4v) is 1.75. The molecule has 0 aliphatic rings. The molecule has 0 radical (unpaired) electrons. The van der Waals surface area contributed by atoms with Crippen molar-refractivity contribution in [1.29, 1.82) is 0 Å². The molecule has 0 heterocycles. The number of halogens is 1. The van der Waals surface area contributed by atoms with Crippen molar-refractivity contribution in [3.63, 3.8) is 0 Å². The van der Waals surface area contributed by atoms with Crippen molar-refractivity contribution in [2.45, 2.75) is 19.8 Å². The smallest absolute Gasteiger partial charge is 0.271 e. The van der Waals surface area contributed by atoms with Gasteiger partial charge in [0.2, 0.25) is 5.91 Å². The van der Waals surface area contributed by atoms with Crippen LogP contribution in [-0.4, -0.2) is 17.4 Å². The molecule has 1 rings (SSSR count). The van der Waals surface area contributed by atoms with Gasteiger partial charge >= 0.3 is 0 Å². The molecular formula is C12H16ClN3O3. The zero-order chi connectivity index (χ0) is 14.4. The van der Waals surface area contributed by atoms with E-state index in [0.717, 1.165) is 6.42 Å². The summed E-state index contributed by atoms with van der Waals surface area (Å²) in [5.74, 6) is -0.362. The van der Waals surface area contributed by atoms with Gasteiger partial charge in [0.25, 0.3) is 5.69 Å². The molecule has 6 nitrogen and oxygen atoms in total. The highest BCUT2D eigenvalue weighted by Gasteiger charge is 2.15. The van der Waals surface area contributed by atoms with Gasteiger partial charge in [-0.25, -0.2) is 0 Å². The maximum atomic E-state index is 11.8. The van der Waals surface area contributed by atoms with Crippen molar-refractivity contribution < 1.29 is 9.72 Å².